The molecule has 8 nitrogen and oxygen atoms in total. The SMILES string of the molecule is C#Cc1ccc(C(=O)OCCCCCCCCOc2cc3c4cc(OCCCCCC)c(OCCCCCC)cc4c4cc(OCCCCCC)c(OCCCCCC)cc4c3cc2OCCCCCC)cc1. The van der Waals surface area contributed by atoms with Gasteiger partial charge in [-0.05, 0) is 138 Å². The van der Waals surface area contributed by atoms with E-state index in [1.165, 1.54) is 64.2 Å². The number of esters is 1. The molecule has 73 heavy (non-hydrogen) atoms. The molecule has 400 valence electrons. The second-order valence-corrected chi connectivity index (χ2v) is 19.9. The third-order valence-electron chi connectivity index (χ3n) is 13.7. The van der Waals surface area contributed by atoms with Gasteiger partial charge in [-0.15, -0.1) is 6.42 Å². The molecule has 0 aliphatic rings. The maximum Gasteiger partial charge on any atom is 0.338 e. The standard InChI is InChI=1S/C65H92O8/c1-7-13-18-27-38-67-59-45-53-54-46-60(68-39-28-19-14-8-2)62(70-41-30-21-16-10-4)48-56(54)58-50-64(72-43-32-25-23-24-26-33-44-73-65(66)52-36-34-51(12-6)35-37-52)63(71-42-31-22-17-11-5)49-57(58)55(53)47-61(59)69-40-29-20-15-9-3/h6,34-37,45-50H,7-11,13-33,38-44H2,1-5H3. The quantitative estimate of drug-likeness (QED) is 0.0166. The van der Waals surface area contributed by atoms with Crippen molar-refractivity contribution in [2.24, 2.45) is 0 Å². The van der Waals surface area contributed by atoms with Crippen molar-refractivity contribution in [3.63, 3.8) is 0 Å². The van der Waals surface area contributed by atoms with Gasteiger partial charge in [-0.1, -0.05) is 163 Å². The second-order valence-electron chi connectivity index (χ2n) is 19.9. The van der Waals surface area contributed by atoms with Crippen LogP contribution >= 0.6 is 0 Å². The summed E-state index contributed by atoms with van der Waals surface area (Å²) in [7, 11) is 0. The zero-order valence-corrected chi connectivity index (χ0v) is 46.0. The Hall–Kier alpha value is -5.29. The zero-order valence-electron chi connectivity index (χ0n) is 46.0. The number of fused-ring (bicyclic) bond motifs is 6. The van der Waals surface area contributed by atoms with Gasteiger partial charge in [0, 0.05) is 5.56 Å². The zero-order chi connectivity index (χ0) is 51.7. The molecule has 0 saturated heterocycles. The first kappa shape index (κ1) is 58.6. The van der Waals surface area contributed by atoms with Crippen molar-refractivity contribution < 1.29 is 38.0 Å². The predicted molar refractivity (Wildman–Crippen MR) is 305 cm³/mol. The van der Waals surface area contributed by atoms with Crippen molar-refractivity contribution in [1.29, 1.82) is 0 Å². The number of unbranched alkanes of at least 4 members (excludes halogenated alkanes) is 20. The van der Waals surface area contributed by atoms with Crippen LogP contribution in [-0.2, 0) is 4.74 Å². The number of hydrogen-bond acceptors (Lipinski definition) is 8. The third kappa shape index (κ3) is 19.8. The Kier molecular flexibility index (Phi) is 28.1. The lowest BCUT2D eigenvalue weighted by atomic mass is 9.93. The Morgan fingerprint density at radius 3 is 0.822 bits per heavy atom. The lowest BCUT2D eigenvalue weighted by Crippen LogP contribution is -2.06. The van der Waals surface area contributed by atoms with Gasteiger partial charge in [-0.2, -0.15) is 0 Å². The van der Waals surface area contributed by atoms with Crippen LogP contribution in [0.15, 0.2) is 60.7 Å². The van der Waals surface area contributed by atoms with Crippen molar-refractivity contribution in [1.82, 2.24) is 0 Å². The van der Waals surface area contributed by atoms with E-state index in [9.17, 15) is 4.79 Å². The van der Waals surface area contributed by atoms with Crippen molar-refractivity contribution in [2.75, 3.05) is 46.2 Å². The van der Waals surface area contributed by atoms with E-state index in [2.05, 4.69) is 76.9 Å². The van der Waals surface area contributed by atoms with Gasteiger partial charge in [-0.3, -0.25) is 0 Å². The highest BCUT2D eigenvalue weighted by molar-refractivity contribution is 6.26. The van der Waals surface area contributed by atoms with Crippen LogP contribution in [0.5, 0.6) is 34.5 Å². The van der Waals surface area contributed by atoms with Crippen molar-refractivity contribution >= 4 is 38.3 Å². The van der Waals surface area contributed by atoms with E-state index in [1.54, 1.807) is 24.3 Å². The molecule has 0 aliphatic carbocycles. The first-order valence-electron chi connectivity index (χ1n) is 29.0. The smallest absolute Gasteiger partial charge is 0.338 e. The molecule has 0 aromatic heterocycles. The van der Waals surface area contributed by atoms with Crippen LogP contribution < -0.4 is 28.4 Å². The molecule has 0 saturated carbocycles. The Bertz CT molecular complexity index is 2330. The lowest BCUT2D eigenvalue weighted by Gasteiger charge is -2.21. The first-order chi connectivity index (χ1) is 36.0. The monoisotopic (exact) mass is 1000 g/mol. The Morgan fingerprint density at radius 1 is 0.342 bits per heavy atom. The molecular formula is C65H92O8. The predicted octanol–water partition coefficient (Wildman–Crippen LogP) is 18.5. The van der Waals surface area contributed by atoms with Crippen LogP contribution in [0.4, 0.5) is 0 Å². The third-order valence-corrected chi connectivity index (χ3v) is 13.7. The minimum absolute atomic E-state index is 0.308. The molecule has 0 atom stereocenters. The van der Waals surface area contributed by atoms with Crippen LogP contribution in [0.3, 0.4) is 0 Å². The van der Waals surface area contributed by atoms with Crippen molar-refractivity contribution in [3.05, 3.63) is 71.8 Å². The summed E-state index contributed by atoms with van der Waals surface area (Å²) in [5.41, 5.74) is 1.27. The van der Waals surface area contributed by atoms with Gasteiger partial charge >= 0.3 is 5.97 Å². The average molecular weight is 1000 g/mol. The molecule has 0 spiro atoms. The summed E-state index contributed by atoms with van der Waals surface area (Å²) in [5, 5.41) is 6.50. The number of hydrogen-bond donors (Lipinski definition) is 0. The van der Waals surface area contributed by atoms with E-state index < -0.39 is 0 Å². The summed E-state index contributed by atoms with van der Waals surface area (Å²) in [6, 6.07) is 20.3. The summed E-state index contributed by atoms with van der Waals surface area (Å²) in [6.45, 7) is 15.4. The number of rotatable bonds is 41. The van der Waals surface area contributed by atoms with E-state index >= 15 is 0 Å². The first-order valence-corrected chi connectivity index (χ1v) is 29.0. The van der Waals surface area contributed by atoms with E-state index in [0.29, 0.717) is 51.8 Å². The summed E-state index contributed by atoms with van der Waals surface area (Å²) in [4.78, 5) is 12.5. The maximum absolute atomic E-state index is 12.5. The molecule has 5 rings (SSSR count). The van der Waals surface area contributed by atoms with Gasteiger partial charge in [0.2, 0.25) is 0 Å². The average Bonchev–Trinajstić information content (AvgIpc) is 3.41. The fourth-order valence-corrected chi connectivity index (χ4v) is 9.29. The maximum atomic E-state index is 12.5. The lowest BCUT2D eigenvalue weighted by molar-refractivity contribution is 0.0497. The molecule has 8 heteroatoms. The van der Waals surface area contributed by atoms with Gasteiger partial charge in [0.1, 0.15) is 0 Å². The Morgan fingerprint density at radius 2 is 0.575 bits per heavy atom. The number of carbonyl (C=O) groups is 1. The van der Waals surface area contributed by atoms with Crippen LogP contribution in [0, 0.1) is 12.3 Å². The van der Waals surface area contributed by atoms with Gasteiger partial charge in [-0.25, -0.2) is 4.79 Å². The van der Waals surface area contributed by atoms with E-state index in [1.807, 2.05) is 0 Å². The summed E-state index contributed by atoms with van der Waals surface area (Å²) in [5.74, 6) is 6.95. The topological polar surface area (TPSA) is 81.7 Å². The highest BCUT2D eigenvalue weighted by atomic mass is 16.5. The number of benzene rings is 5. The molecule has 0 fully saturated rings. The fourth-order valence-electron chi connectivity index (χ4n) is 9.29. The van der Waals surface area contributed by atoms with Crippen molar-refractivity contribution in [3.8, 4) is 46.8 Å². The summed E-state index contributed by atoms with van der Waals surface area (Å²) in [6.07, 6.45) is 33.9. The van der Waals surface area contributed by atoms with Crippen LogP contribution in [0.25, 0.3) is 32.3 Å². The van der Waals surface area contributed by atoms with E-state index in [-0.39, 0.29) is 5.97 Å². The highest BCUT2D eigenvalue weighted by Gasteiger charge is 2.21. The molecule has 0 unspecified atom stereocenters. The largest absolute Gasteiger partial charge is 0.490 e. The van der Waals surface area contributed by atoms with Gasteiger partial charge in [0.25, 0.3) is 0 Å². The second kappa shape index (κ2) is 35.0. The molecule has 0 amide bonds. The van der Waals surface area contributed by atoms with Crippen LogP contribution in [0.1, 0.15) is 217 Å². The number of carbonyl (C=O) groups excluding carboxylic acids is 1. The fraction of sp³-hybridized carbons (Fsp3) is 0.585. The molecule has 0 N–H and O–H groups in total. The number of terminal acetylenes is 1. The Labute approximate surface area is 440 Å². The molecule has 5 aromatic carbocycles. The highest BCUT2D eigenvalue weighted by Crippen LogP contribution is 2.47. The molecular weight excluding hydrogens is 909 g/mol. The van der Waals surface area contributed by atoms with Gasteiger partial charge in [0.15, 0.2) is 34.5 Å². The number of ether oxygens (including phenoxy) is 7. The van der Waals surface area contributed by atoms with Crippen LogP contribution in [-0.4, -0.2) is 52.2 Å². The molecule has 5 aromatic rings. The van der Waals surface area contributed by atoms with Gasteiger partial charge in [0.05, 0.1) is 51.8 Å². The molecule has 0 aliphatic heterocycles. The minimum Gasteiger partial charge on any atom is -0.490 e. The molecule has 0 radical (unpaired) electrons. The van der Waals surface area contributed by atoms with E-state index in [4.69, 9.17) is 39.6 Å². The molecule has 0 heterocycles. The van der Waals surface area contributed by atoms with Crippen LogP contribution in [0.2, 0.25) is 0 Å². The summed E-state index contributed by atoms with van der Waals surface area (Å²) >= 11 is 0. The van der Waals surface area contributed by atoms with Crippen molar-refractivity contribution in [2.45, 2.75) is 202 Å². The summed E-state index contributed by atoms with van der Waals surface area (Å²) < 4.78 is 45.7. The van der Waals surface area contributed by atoms with E-state index in [0.717, 1.165) is 175 Å². The Balaban J connectivity index is 1.48. The van der Waals surface area contributed by atoms with Gasteiger partial charge < -0.3 is 33.2 Å². The normalized spacial score (nSPS) is 11.3. The molecule has 0 bridgehead atoms. The minimum atomic E-state index is -0.308.